The van der Waals surface area contributed by atoms with Gasteiger partial charge in [-0.1, -0.05) is 6.07 Å². The molecule has 0 atom stereocenters. The first kappa shape index (κ1) is 14.0. The number of hydrogen-bond donors (Lipinski definition) is 1. The summed E-state index contributed by atoms with van der Waals surface area (Å²) in [4.78, 5) is 0. The van der Waals surface area contributed by atoms with Crippen molar-refractivity contribution in [1.82, 2.24) is 5.32 Å². The Balaban J connectivity index is 1.96. The van der Waals surface area contributed by atoms with Crippen LogP contribution >= 0.6 is 0 Å². The summed E-state index contributed by atoms with van der Waals surface area (Å²) in [6.45, 7) is 9.59. The summed E-state index contributed by atoms with van der Waals surface area (Å²) in [5, 5.41) is 3.31. The number of nitrogens with one attached hydrogen (secondary N) is 1. The second-order valence-electron chi connectivity index (χ2n) is 6.66. The van der Waals surface area contributed by atoms with Gasteiger partial charge >= 0.3 is 7.12 Å². The van der Waals surface area contributed by atoms with Crippen LogP contribution < -0.4 is 10.8 Å². The van der Waals surface area contributed by atoms with E-state index >= 15 is 0 Å². The first-order chi connectivity index (χ1) is 9.30. The van der Waals surface area contributed by atoms with Crippen molar-refractivity contribution in [3.05, 3.63) is 29.1 Å². The Morgan fingerprint density at radius 2 is 1.75 bits per heavy atom. The molecule has 3 rings (SSSR count). The van der Waals surface area contributed by atoms with Crippen molar-refractivity contribution >= 4 is 12.6 Å². The van der Waals surface area contributed by atoms with Gasteiger partial charge in [-0.05, 0) is 57.9 Å². The molecule has 108 valence electrons. The van der Waals surface area contributed by atoms with Gasteiger partial charge in [-0.15, -0.1) is 0 Å². The zero-order chi connectivity index (χ0) is 14.5. The summed E-state index contributed by atoms with van der Waals surface area (Å²) >= 11 is 0. The standard InChI is InChI=1S/C15H21BFNO2/c1-14(2)15(3,4)20-16(19-14)12-7-11-9-18-6-5-10(11)8-13(12)17/h7-8,18H,5-6,9H2,1-4H3. The SMILES string of the molecule is CC1(C)OB(c2cc3c(cc2F)CCNC3)OC1(C)C. The predicted molar refractivity (Wildman–Crippen MR) is 77.5 cm³/mol. The lowest BCUT2D eigenvalue weighted by molar-refractivity contribution is 0.00578. The van der Waals surface area contributed by atoms with Crippen LogP contribution in [0.3, 0.4) is 0 Å². The van der Waals surface area contributed by atoms with E-state index in [0.29, 0.717) is 5.46 Å². The molecule has 2 aliphatic heterocycles. The van der Waals surface area contributed by atoms with Crippen molar-refractivity contribution in [3.8, 4) is 0 Å². The van der Waals surface area contributed by atoms with Crippen LogP contribution in [-0.4, -0.2) is 24.9 Å². The van der Waals surface area contributed by atoms with Crippen LogP contribution in [0.25, 0.3) is 0 Å². The number of benzene rings is 1. The lowest BCUT2D eigenvalue weighted by Gasteiger charge is -2.32. The Bertz CT molecular complexity index is 529. The third-order valence-electron chi connectivity index (χ3n) is 4.71. The molecular weight excluding hydrogens is 256 g/mol. The minimum Gasteiger partial charge on any atom is -0.399 e. The summed E-state index contributed by atoms with van der Waals surface area (Å²) in [6.07, 6.45) is 0.871. The molecule has 0 aliphatic carbocycles. The van der Waals surface area contributed by atoms with E-state index in [1.807, 2.05) is 33.8 Å². The maximum absolute atomic E-state index is 14.4. The van der Waals surface area contributed by atoms with Crippen LogP contribution in [0.15, 0.2) is 12.1 Å². The van der Waals surface area contributed by atoms with E-state index in [-0.39, 0.29) is 5.82 Å². The molecule has 1 fully saturated rings. The zero-order valence-corrected chi connectivity index (χ0v) is 12.5. The quantitative estimate of drug-likeness (QED) is 0.794. The molecule has 2 aliphatic rings. The minimum atomic E-state index is -0.632. The van der Waals surface area contributed by atoms with Crippen molar-refractivity contribution < 1.29 is 13.7 Å². The third kappa shape index (κ3) is 2.18. The van der Waals surface area contributed by atoms with Crippen LogP contribution in [0.4, 0.5) is 4.39 Å². The number of fused-ring (bicyclic) bond motifs is 1. The van der Waals surface area contributed by atoms with E-state index in [2.05, 4.69) is 5.32 Å². The summed E-state index contributed by atoms with van der Waals surface area (Å²) in [7, 11) is -0.632. The number of hydrogen-bond acceptors (Lipinski definition) is 3. The molecule has 1 aromatic carbocycles. The largest absolute Gasteiger partial charge is 0.497 e. The van der Waals surface area contributed by atoms with Gasteiger partial charge in [0.2, 0.25) is 0 Å². The number of halogens is 1. The molecule has 20 heavy (non-hydrogen) atoms. The molecule has 5 heteroatoms. The van der Waals surface area contributed by atoms with Gasteiger partial charge in [-0.2, -0.15) is 0 Å². The fourth-order valence-electron chi connectivity index (χ4n) is 2.67. The van der Waals surface area contributed by atoms with Gasteiger partial charge < -0.3 is 14.6 Å². The van der Waals surface area contributed by atoms with Crippen LogP contribution in [0.5, 0.6) is 0 Å². The van der Waals surface area contributed by atoms with Crippen LogP contribution in [-0.2, 0) is 22.3 Å². The van der Waals surface area contributed by atoms with Gasteiger partial charge in [0.1, 0.15) is 5.82 Å². The summed E-state index contributed by atoms with van der Waals surface area (Å²) in [5.41, 5.74) is 1.84. The molecule has 0 aromatic heterocycles. The van der Waals surface area contributed by atoms with Crippen molar-refractivity contribution in [3.63, 3.8) is 0 Å². The first-order valence-corrected chi connectivity index (χ1v) is 7.18. The monoisotopic (exact) mass is 277 g/mol. The molecule has 0 unspecified atom stereocenters. The molecule has 0 spiro atoms. The van der Waals surface area contributed by atoms with Crippen LogP contribution in [0, 0.1) is 5.82 Å². The second-order valence-corrected chi connectivity index (χ2v) is 6.66. The highest BCUT2D eigenvalue weighted by Crippen LogP contribution is 2.36. The van der Waals surface area contributed by atoms with Gasteiger partial charge in [0.25, 0.3) is 0 Å². The predicted octanol–water partition coefficient (Wildman–Crippen LogP) is 1.77. The molecule has 2 heterocycles. The molecular formula is C15H21BFNO2. The summed E-state index contributed by atoms with van der Waals surface area (Å²) in [6, 6.07) is 3.52. The maximum atomic E-state index is 14.4. The Labute approximate surface area is 120 Å². The molecule has 0 amide bonds. The highest BCUT2D eigenvalue weighted by Gasteiger charge is 2.52. The minimum absolute atomic E-state index is 0.232. The Kier molecular flexibility index (Phi) is 3.20. The maximum Gasteiger partial charge on any atom is 0.497 e. The smallest absolute Gasteiger partial charge is 0.399 e. The highest BCUT2D eigenvalue weighted by atomic mass is 19.1. The lowest BCUT2D eigenvalue weighted by atomic mass is 9.76. The highest BCUT2D eigenvalue weighted by molar-refractivity contribution is 6.62. The van der Waals surface area contributed by atoms with Crippen LogP contribution in [0.1, 0.15) is 38.8 Å². The van der Waals surface area contributed by atoms with E-state index < -0.39 is 18.3 Å². The molecule has 1 aromatic rings. The Hall–Kier alpha value is -0.905. The van der Waals surface area contributed by atoms with Crippen molar-refractivity contribution in [2.45, 2.75) is 51.9 Å². The van der Waals surface area contributed by atoms with E-state index in [0.717, 1.165) is 30.6 Å². The molecule has 1 saturated heterocycles. The average Bonchev–Trinajstić information content (AvgIpc) is 2.57. The van der Waals surface area contributed by atoms with E-state index in [4.69, 9.17) is 9.31 Å². The lowest BCUT2D eigenvalue weighted by Crippen LogP contribution is -2.41. The van der Waals surface area contributed by atoms with Crippen molar-refractivity contribution in [2.24, 2.45) is 0 Å². The van der Waals surface area contributed by atoms with E-state index in [1.165, 1.54) is 0 Å². The molecule has 0 bridgehead atoms. The Morgan fingerprint density at radius 1 is 1.10 bits per heavy atom. The first-order valence-electron chi connectivity index (χ1n) is 7.18. The third-order valence-corrected chi connectivity index (χ3v) is 4.71. The topological polar surface area (TPSA) is 30.5 Å². The molecule has 1 N–H and O–H groups in total. The molecule has 0 radical (unpaired) electrons. The van der Waals surface area contributed by atoms with E-state index in [9.17, 15) is 4.39 Å². The normalized spacial score (nSPS) is 23.8. The van der Waals surface area contributed by atoms with Crippen molar-refractivity contribution in [1.29, 1.82) is 0 Å². The second kappa shape index (κ2) is 4.55. The van der Waals surface area contributed by atoms with Gasteiger partial charge in [0.15, 0.2) is 0 Å². The van der Waals surface area contributed by atoms with Gasteiger partial charge in [0.05, 0.1) is 11.2 Å². The van der Waals surface area contributed by atoms with Crippen molar-refractivity contribution in [2.75, 3.05) is 6.54 Å². The Morgan fingerprint density at radius 3 is 2.40 bits per heavy atom. The van der Waals surface area contributed by atoms with Crippen LogP contribution in [0.2, 0.25) is 0 Å². The fourth-order valence-corrected chi connectivity index (χ4v) is 2.67. The van der Waals surface area contributed by atoms with E-state index in [1.54, 1.807) is 6.07 Å². The fraction of sp³-hybridized carbons (Fsp3) is 0.600. The molecule has 3 nitrogen and oxygen atoms in total. The summed E-state index contributed by atoms with van der Waals surface area (Å²) < 4.78 is 26.2. The van der Waals surface area contributed by atoms with Gasteiger partial charge in [-0.3, -0.25) is 0 Å². The average molecular weight is 277 g/mol. The zero-order valence-electron chi connectivity index (χ0n) is 12.5. The van der Waals surface area contributed by atoms with Gasteiger partial charge in [0, 0.05) is 12.0 Å². The molecule has 0 saturated carbocycles. The summed E-state index contributed by atoms with van der Waals surface area (Å²) in [5.74, 6) is -0.232. The van der Waals surface area contributed by atoms with Gasteiger partial charge in [-0.25, -0.2) is 4.39 Å². The number of rotatable bonds is 1.